The number of carboxylic acid groups (broad SMARTS) is 1. The van der Waals surface area contributed by atoms with Gasteiger partial charge in [0.25, 0.3) is 0 Å². The Morgan fingerprint density at radius 3 is 2.03 bits per heavy atom. The van der Waals surface area contributed by atoms with Crippen molar-refractivity contribution in [3.05, 3.63) is 95.3 Å². The van der Waals surface area contributed by atoms with Crippen LogP contribution < -0.4 is 5.73 Å². The van der Waals surface area contributed by atoms with Crippen molar-refractivity contribution in [2.75, 3.05) is 6.61 Å². The van der Waals surface area contributed by atoms with Gasteiger partial charge in [-0.25, -0.2) is 4.39 Å². The van der Waals surface area contributed by atoms with E-state index in [0.717, 1.165) is 22.3 Å². The number of carbonyl (C=O) groups excluding carboxylic acids is 1. The van der Waals surface area contributed by atoms with Crippen molar-refractivity contribution in [2.24, 2.45) is 11.7 Å². The molecule has 0 fully saturated rings. The third kappa shape index (κ3) is 3.46. The number of hydrogen-bond acceptors (Lipinski definition) is 4. The number of nitrogens with two attached hydrogens (primary N) is 1. The van der Waals surface area contributed by atoms with Gasteiger partial charge in [-0.05, 0) is 28.3 Å². The van der Waals surface area contributed by atoms with Crippen LogP contribution in [0.15, 0.2) is 72.8 Å². The lowest BCUT2D eigenvalue weighted by atomic mass is 9.93. The topological polar surface area (TPSA) is 89.6 Å². The molecular formula is C24H20FNO4. The summed E-state index contributed by atoms with van der Waals surface area (Å²) in [4.78, 5) is 24.4. The zero-order valence-corrected chi connectivity index (χ0v) is 16.0. The number of aliphatic carboxylic acids is 1. The molecule has 0 saturated carbocycles. The molecule has 0 radical (unpaired) electrons. The van der Waals surface area contributed by atoms with E-state index in [1.165, 1.54) is 24.3 Å². The number of ether oxygens (including phenoxy) is 1. The Hall–Kier alpha value is -3.51. The van der Waals surface area contributed by atoms with Gasteiger partial charge in [0, 0.05) is 11.5 Å². The van der Waals surface area contributed by atoms with Crippen molar-refractivity contribution >= 4 is 11.9 Å². The van der Waals surface area contributed by atoms with E-state index in [4.69, 9.17) is 10.5 Å². The van der Waals surface area contributed by atoms with Crippen LogP contribution in [0.25, 0.3) is 11.1 Å². The highest BCUT2D eigenvalue weighted by Gasteiger charge is 2.37. The van der Waals surface area contributed by atoms with E-state index >= 15 is 0 Å². The van der Waals surface area contributed by atoms with E-state index in [1.807, 2.05) is 48.5 Å². The Labute approximate surface area is 172 Å². The SMILES string of the molecule is NC(c1ccccc1F)[C@@H](C(=O)O)C(=O)OCC1c2ccccc2-c2ccccc21. The van der Waals surface area contributed by atoms with Crippen molar-refractivity contribution in [3.8, 4) is 11.1 Å². The van der Waals surface area contributed by atoms with Gasteiger partial charge in [-0.3, -0.25) is 9.59 Å². The minimum absolute atomic E-state index is 0.0272. The quantitative estimate of drug-likeness (QED) is 0.480. The summed E-state index contributed by atoms with van der Waals surface area (Å²) in [7, 11) is 0. The van der Waals surface area contributed by atoms with Crippen molar-refractivity contribution in [3.63, 3.8) is 0 Å². The smallest absolute Gasteiger partial charge is 0.322 e. The number of fused-ring (bicyclic) bond motifs is 3. The zero-order chi connectivity index (χ0) is 21.3. The molecule has 1 aliphatic carbocycles. The molecule has 6 heteroatoms. The molecule has 0 aliphatic heterocycles. The normalized spacial score (nSPS) is 14.5. The van der Waals surface area contributed by atoms with Gasteiger partial charge in [0.15, 0.2) is 5.92 Å². The molecule has 0 heterocycles. The number of esters is 1. The number of benzene rings is 3. The Morgan fingerprint density at radius 1 is 0.933 bits per heavy atom. The van der Waals surface area contributed by atoms with Crippen LogP contribution in [-0.2, 0) is 14.3 Å². The average Bonchev–Trinajstić information content (AvgIpc) is 3.06. The summed E-state index contributed by atoms with van der Waals surface area (Å²) in [5, 5.41) is 9.57. The minimum atomic E-state index is -1.71. The van der Waals surface area contributed by atoms with Gasteiger partial charge in [-0.15, -0.1) is 0 Å². The first-order valence-electron chi connectivity index (χ1n) is 9.56. The van der Waals surface area contributed by atoms with Gasteiger partial charge in [0.1, 0.15) is 12.4 Å². The van der Waals surface area contributed by atoms with Crippen LogP contribution in [0.2, 0.25) is 0 Å². The number of carboxylic acids is 1. The molecule has 0 amide bonds. The molecule has 0 saturated heterocycles. The Kier molecular flexibility index (Phi) is 5.33. The maximum Gasteiger partial charge on any atom is 0.322 e. The first-order chi connectivity index (χ1) is 14.5. The van der Waals surface area contributed by atoms with Crippen LogP contribution in [0.3, 0.4) is 0 Å². The monoisotopic (exact) mass is 405 g/mol. The van der Waals surface area contributed by atoms with Crippen LogP contribution in [0.1, 0.15) is 28.7 Å². The van der Waals surface area contributed by atoms with Gasteiger partial charge in [0.05, 0.1) is 6.04 Å². The van der Waals surface area contributed by atoms with E-state index in [1.54, 1.807) is 0 Å². The fourth-order valence-electron chi connectivity index (χ4n) is 4.02. The predicted molar refractivity (Wildman–Crippen MR) is 109 cm³/mol. The van der Waals surface area contributed by atoms with Crippen LogP contribution in [-0.4, -0.2) is 23.7 Å². The van der Waals surface area contributed by atoms with Gasteiger partial charge in [0.2, 0.25) is 0 Å². The summed E-state index contributed by atoms with van der Waals surface area (Å²) in [6.07, 6.45) is 0. The van der Waals surface area contributed by atoms with Gasteiger partial charge in [-0.2, -0.15) is 0 Å². The average molecular weight is 405 g/mol. The third-order valence-electron chi connectivity index (χ3n) is 5.50. The lowest BCUT2D eigenvalue weighted by Gasteiger charge is -2.21. The molecule has 1 aliphatic rings. The largest absolute Gasteiger partial charge is 0.481 e. The van der Waals surface area contributed by atoms with E-state index in [2.05, 4.69) is 0 Å². The zero-order valence-electron chi connectivity index (χ0n) is 16.0. The predicted octanol–water partition coefficient (Wildman–Crippen LogP) is 3.88. The van der Waals surface area contributed by atoms with Crippen molar-refractivity contribution in [1.29, 1.82) is 0 Å². The molecule has 3 aromatic rings. The van der Waals surface area contributed by atoms with Gasteiger partial charge >= 0.3 is 11.9 Å². The van der Waals surface area contributed by atoms with Crippen molar-refractivity contribution in [2.45, 2.75) is 12.0 Å². The van der Waals surface area contributed by atoms with Crippen molar-refractivity contribution in [1.82, 2.24) is 0 Å². The van der Waals surface area contributed by atoms with Crippen LogP contribution >= 0.6 is 0 Å². The van der Waals surface area contributed by atoms with Gasteiger partial charge in [-0.1, -0.05) is 66.7 Å². The van der Waals surface area contributed by atoms with Crippen LogP contribution in [0.4, 0.5) is 4.39 Å². The van der Waals surface area contributed by atoms with Gasteiger partial charge < -0.3 is 15.6 Å². The highest BCUT2D eigenvalue weighted by Crippen LogP contribution is 2.44. The molecule has 152 valence electrons. The number of hydrogen-bond donors (Lipinski definition) is 2. The highest BCUT2D eigenvalue weighted by molar-refractivity contribution is 5.95. The number of rotatable bonds is 6. The Morgan fingerprint density at radius 2 is 1.47 bits per heavy atom. The van der Waals surface area contributed by atoms with E-state index < -0.39 is 29.7 Å². The second kappa shape index (κ2) is 8.08. The second-order valence-corrected chi connectivity index (χ2v) is 7.22. The second-order valence-electron chi connectivity index (χ2n) is 7.22. The Balaban J connectivity index is 1.56. The first-order valence-corrected chi connectivity index (χ1v) is 9.56. The fraction of sp³-hybridized carbons (Fsp3) is 0.167. The van der Waals surface area contributed by atoms with Crippen LogP contribution in [0, 0.1) is 11.7 Å². The van der Waals surface area contributed by atoms with E-state index in [-0.39, 0.29) is 18.1 Å². The van der Waals surface area contributed by atoms with E-state index in [9.17, 15) is 19.1 Å². The third-order valence-corrected chi connectivity index (χ3v) is 5.50. The molecule has 0 spiro atoms. The summed E-state index contributed by atoms with van der Waals surface area (Å²) >= 11 is 0. The molecule has 0 aromatic heterocycles. The summed E-state index contributed by atoms with van der Waals surface area (Å²) in [6.45, 7) is -0.0272. The summed E-state index contributed by atoms with van der Waals surface area (Å²) < 4.78 is 19.5. The molecule has 1 unspecified atom stereocenters. The molecule has 2 atom stereocenters. The summed E-state index contributed by atoms with van der Waals surface area (Å²) in [6, 6.07) is 19.8. The minimum Gasteiger partial charge on any atom is -0.481 e. The lowest BCUT2D eigenvalue weighted by molar-refractivity contribution is -0.160. The first kappa shape index (κ1) is 19.8. The maximum atomic E-state index is 14.1. The number of carbonyl (C=O) groups is 2. The lowest BCUT2D eigenvalue weighted by Crippen LogP contribution is -2.37. The van der Waals surface area contributed by atoms with Crippen molar-refractivity contribution < 1.29 is 23.8 Å². The highest BCUT2D eigenvalue weighted by atomic mass is 19.1. The maximum absolute atomic E-state index is 14.1. The van der Waals surface area contributed by atoms with E-state index in [0.29, 0.717) is 0 Å². The molecule has 3 aromatic carbocycles. The molecular weight excluding hydrogens is 385 g/mol. The molecule has 30 heavy (non-hydrogen) atoms. The molecule has 0 bridgehead atoms. The summed E-state index contributed by atoms with van der Waals surface area (Å²) in [5.41, 5.74) is 10.1. The molecule has 5 nitrogen and oxygen atoms in total. The standard InChI is InChI=1S/C24H20FNO4/c25-20-12-6-5-11-18(20)22(26)21(23(27)28)24(29)30-13-19-16-9-3-1-7-14(16)15-8-2-4-10-17(15)19/h1-12,19,21-22H,13,26H2,(H,27,28)/t21-,22?/m0/s1. The Bertz CT molecular complexity index is 1070. The molecule has 4 rings (SSSR count). The number of halogens is 1. The van der Waals surface area contributed by atoms with Crippen LogP contribution in [0.5, 0.6) is 0 Å². The molecule has 3 N–H and O–H groups in total. The fourth-order valence-corrected chi connectivity index (χ4v) is 4.02. The summed E-state index contributed by atoms with van der Waals surface area (Å²) in [5.74, 6) is -5.03.